The van der Waals surface area contributed by atoms with Crippen LogP contribution >= 0.6 is 11.5 Å². The third-order valence-corrected chi connectivity index (χ3v) is 2.73. The second-order valence-corrected chi connectivity index (χ2v) is 4.14. The van der Waals surface area contributed by atoms with Crippen LogP contribution in [-0.4, -0.2) is 24.8 Å². The van der Waals surface area contributed by atoms with Crippen molar-refractivity contribution in [3.05, 3.63) is 11.5 Å². The van der Waals surface area contributed by atoms with Crippen molar-refractivity contribution < 1.29 is 0 Å². The maximum Gasteiger partial charge on any atom is 0.194 e. The molecule has 0 unspecified atom stereocenters. The molecule has 2 aromatic heterocycles. The molecule has 5 nitrogen and oxygen atoms in total. The van der Waals surface area contributed by atoms with Crippen molar-refractivity contribution in [2.75, 3.05) is 0 Å². The summed E-state index contributed by atoms with van der Waals surface area (Å²) in [5, 5.41) is 11.0. The number of hydrogen-bond donors (Lipinski definition) is 1. The lowest BCUT2D eigenvalue weighted by Crippen LogP contribution is -1.89. The zero-order chi connectivity index (χ0) is 10.1. The first-order valence-electron chi connectivity index (χ1n) is 4.40. The van der Waals surface area contributed by atoms with Crippen LogP contribution in [0.2, 0.25) is 0 Å². The van der Waals surface area contributed by atoms with Crippen molar-refractivity contribution in [3.8, 4) is 10.7 Å². The Labute approximate surface area is 85.8 Å². The van der Waals surface area contributed by atoms with Crippen LogP contribution in [0.4, 0.5) is 0 Å². The Kier molecular flexibility index (Phi) is 2.28. The third kappa shape index (κ3) is 1.52. The van der Waals surface area contributed by atoms with Crippen molar-refractivity contribution in [1.82, 2.24) is 24.8 Å². The summed E-state index contributed by atoms with van der Waals surface area (Å²) in [6, 6.07) is 0. The minimum atomic E-state index is 0.359. The van der Waals surface area contributed by atoms with Gasteiger partial charge in [0.1, 0.15) is 10.7 Å². The van der Waals surface area contributed by atoms with Crippen LogP contribution in [0.25, 0.3) is 10.7 Å². The third-order valence-electron chi connectivity index (χ3n) is 1.90. The van der Waals surface area contributed by atoms with E-state index in [9.17, 15) is 0 Å². The van der Waals surface area contributed by atoms with Crippen molar-refractivity contribution in [2.24, 2.45) is 0 Å². The van der Waals surface area contributed by atoms with Crippen LogP contribution in [0.15, 0.2) is 0 Å². The number of aromatic nitrogens is 5. The topological polar surface area (TPSA) is 67.3 Å². The van der Waals surface area contributed by atoms with E-state index in [0.29, 0.717) is 11.7 Å². The van der Waals surface area contributed by atoms with Crippen molar-refractivity contribution in [1.29, 1.82) is 0 Å². The predicted octanol–water partition coefficient (Wildman–Crippen LogP) is 1.76. The lowest BCUT2D eigenvalue weighted by atomic mass is 10.2. The maximum absolute atomic E-state index is 4.38. The summed E-state index contributed by atoms with van der Waals surface area (Å²) >= 11 is 1.32. The van der Waals surface area contributed by atoms with Gasteiger partial charge in [0.25, 0.3) is 0 Å². The van der Waals surface area contributed by atoms with Crippen molar-refractivity contribution in [2.45, 2.75) is 26.7 Å². The first-order valence-corrected chi connectivity index (χ1v) is 5.17. The molecule has 2 aromatic rings. The molecule has 6 heteroatoms. The molecule has 0 saturated carbocycles. The van der Waals surface area contributed by atoms with Crippen molar-refractivity contribution >= 4 is 11.5 Å². The van der Waals surface area contributed by atoms with E-state index in [2.05, 4.69) is 38.6 Å². The predicted molar refractivity (Wildman–Crippen MR) is 54.1 cm³/mol. The summed E-state index contributed by atoms with van der Waals surface area (Å²) in [6.45, 7) is 6.05. The molecule has 0 bridgehead atoms. The molecule has 0 radical (unpaired) electrons. The van der Waals surface area contributed by atoms with E-state index < -0.39 is 0 Å². The Morgan fingerprint density at radius 2 is 2.14 bits per heavy atom. The minimum absolute atomic E-state index is 0.359. The van der Waals surface area contributed by atoms with Gasteiger partial charge < -0.3 is 0 Å². The molecule has 0 spiro atoms. The zero-order valence-corrected chi connectivity index (χ0v) is 9.09. The molecule has 0 aromatic carbocycles. The maximum atomic E-state index is 4.38. The van der Waals surface area contributed by atoms with Crippen LogP contribution in [0.1, 0.15) is 31.3 Å². The van der Waals surface area contributed by atoms with Crippen LogP contribution in [0.3, 0.4) is 0 Å². The van der Waals surface area contributed by atoms with Crippen LogP contribution < -0.4 is 0 Å². The summed E-state index contributed by atoms with van der Waals surface area (Å²) < 4.78 is 3.85. The van der Waals surface area contributed by atoms with Gasteiger partial charge in [-0.1, -0.05) is 18.3 Å². The van der Waals surface area contributed by atoms with Gasteiger partial charge in [-0.25, -0.2) is 4.98 Å². The minimum Gasteiger partial charge on any atom is -0.262 e. The van der Waals surface area contributed by atoms with Gasteiger partial charge in [0.2, 0.25) is 0 Å². The number of aromatic amines is 1. The average molecular weight is 209 g/mol. The molecule has 1 N–H and O–H groups in total. The normalized spacial score (nSPS) is 11.1. The largest absolute Gasteiger partial charge is 0.262 e. The molecule has 0 aliphatic carbocycles. The van der Waals surface area contributed by atoms with E-state index in [0.717, 1.165) is 16.4 Å². The molecule has 0 fully saturated rings. The molecule has 14 heavy (non-hydrogen) atoms. The number of nitrogens with zero attached hydrogens (tertiary/aromatic N) is 4. The summed E-state index contributed by atoms with van der Waals surface area (Å²) in [4.78, 5) is 5.31. The highest BCUT2D eigenvalue weighted by molar-refractivity contribution is 7.09. The Bertz CT molecular complexity index is 430. The summed E-state index contributed by atoms with van der Waals surface area (Å²) in [5.74, 6) is 1.95. The fourth-order valence-electron chi connectivity index (χ4n) is 1.07. The van der Waals surface area contributed by atoms with Gasteiger partial charge in [-0.2, -0.15) is 5.10 Å². The van der Waals surface area contributed by atoms with Crippen LogP contribution in [0, 0.1) is 6.92 Å². The zero-order valence-electron chi connectivity index (χ0n) is 8.27. The number of aryl methyl sites for hydroxylation is 1. The van der Waals surface area contributed by atoms with E-state index in [1.165, 1.54) is 11.5 Å². The van der Waals surface area contributed by atoms with Gasteiger partial charge in [0, 0.05) is 5.92 Å². The number of hydrogen-bond acceptors (Lipinski definition) is 5. The molecule has 74 valence electrons. The van der Waals surface area contributed by atoms with Gasteiger partial charge in [-0.3, -0.25) is 5.10 Å². The van der Waals surface area contributed by atoms with E-state index in [-0.39, 0.29) is 0 Å². The fourth-order valence-corrected chi connectivity index (χ4v) is 1.66. The lowest BCUT2D eigenvalue weighted by molar-refractivity contribution is 0.781. The van der Waals surface area contributed by atoms with Crippen LogP contribution in [-0.2, 0) is 0 Å². The second-order valence-electron chi connectivity index (χ2n) is 3.39. The molecule has 2 rings (SSSR count). The first-order chi connectivity index (χ1) is 6.68. The molecule has 0 aliphatic heterocycles. The Morgan fingerprint density at radius 1 is 1.36 bits per heavy atom. The molecule has 0 atom stereocenters. The molecule has 0 saturated heterocycles. The van der Waals surface area contributed by atoms with Gasteiger partial charge in [0.15, 0.2) is 5.82 Å². The second kappa shape index (κ2) is 3.45. The Morgan fingerprint density at radius 3 is 2.64 bits per heavy atom. The summed E-state index contributed by atoms with van der Waals surface area (Å²) in [5.41, 5.74) is 0.879. The summed E-state index contributed by atoms with van der Waals surface area (Å²) in [6.07, 6.45) is 0. The highest BCUT2D eigenvalue weighted by Gasteiger charge is 2.13. The molecule has 0 amide bonds. The standard InChI is InChI=1S/C8H11N5S/c1-4(2)7-9-8(12-11-7)6-5(3)10-13-14-6/h4H,1-3H3,(H,9,11,12). The van der Waals surface area contributed by atoms with Crippen LogP contribution in [0.5, 0.6) is 0 Å². The molecular formula is C8H11N5S. The molecule has 2 heterocycles. The highest BCUT2D eigenvalue weighted by Crippen LogP contribution is 2.22. The quantitative estimate of drug-likeness (QED) is 0.818. The van der Waals surface area contributed by atoms with E-state index >= 15 is 0 Å². The number of H-pyrrole nitrogens is 1. The van der Waals surface area contributed by atoms with Crippen molar-refractivity contribution in [3.63, 3.8) is 0 Å². The lowest BCUT2D eigenvalue weighted by Gasteiger charge is -1.94. The Balaban J connectivity index is 2.39. The average Bonchev–Trinajstić information content (AvgIpc) is 2.71. The smallest absolute Gasteiger partial charge is 0.194 e. The highest BCUT2D eigenvalue weighted by atomic mass is 32.1. The van der Waals surface area contributed by atoms with Gasteiger partial charge >= 0.3 is 0 Å². The van der Waals surface area contributed by atoms with E-state index in [1.807, 2.05) is 6.92 Å². The van der Waals surface area contributed by atoms with Gasteiger partial charge in [-0.15, -0.1) is 5.10 Å². The van der Waals surface area contributed by atoms with E-state index in [1.54, 1.807) is 0 Å². The van der Waals surface area contributed by atoms with Gasteiger partial charge in [-0.05, 0) is 18.5 Å². The monoisotopic (exact) mass is 209 g/mol. The number of nitrogens with one attached hydrogen (secondary N) is 1. The SMILES string of the molecule is Cc1nnsc1-c1n[nH]c(C(C)C)n1. The molecule has 0 aliphatic rings. The Hall–Kier alpha value is -1.30. The first kappa shape index (κ1) is 9.26. The fraction of sp³-hybridized carbons (Fsp3) is 0.500. The number of rotatable bonds is 2. The van der Waals surface area contributed by atoms with Gasteiger partial charge in [0.05, 0.1) is 5.69 Å². The van der Waals surface area contributed by atoms with E-state index in [4.69, 9.17) is 0 Å². The molecular weight excluding hydrogens is 198 g/mol. The summed E-state index contributed by atoms with van der Waals surface area (Å²) in [7, 11) is 0.